The summed E-state index contributed by atoms with van der Waals surface area (Å²) in [5, 5.41) is 38.0. The summed E-state index contributed by atoms with van der Waals surface area (Å²) in [6.45, 7) is 1.44. The van der Waals surface area contributed by atoms with Crippen molar-refractivity contribution in [1.82, 2.24) is 4.98 Å². The van der Waals surface area contributed by atoms with Crippen LogP contribution in [0.5, 0.6) is 0 Å². The lowest BCUT2D eigenvalue weighted by molar-refractivity contribution is -0.385. The standard InChI is InChI=1S/C10H11N3O4/c1-6-8(13(16)17)3-2-7(12-6)10(15)9(14)4-5-11/h2-3,9-10,14-15H,4H2,1H3. The molecular formula is C10H11N3O4. The Hall–Kier alpha value is -2.04. The molecule has 0 saturated carbocycles. The molecule has 7 heteroatoms. The molecule has 2 atom stereocenters. The lowest BCUT2D eigenvalue weighted by Crippen LogP contribution is -2.19. The minimum Gasteiger partial charge on any atom is -0.389 e. The number of aryl methyl sites for hydroxylation is 1. The van der Waals surface area contributed by atoms with Crippen LogP contribution in [-0.4, -0.2) is 26.2 Å². The predicted molar refractivity (Wildman–Crippen MR) is 56.8 cm³/mol. The zero-order valence-corrected chi connectivity index (χ0v) is 9.07. The second kappa shape index (κ2) is 5.34. The Balaban J connectivity index is 2.98. The van der Waals surface area contributed by atoms with Crippen molar-refractivity contribution in [2.24, 2.45) is 0 Å². The van der Waals surface area contributed by atoms with E-state index in [0.717, 1.165) is 0 Å². The molecule has 1 rings (SSSR count). The third kappa shape index (κ3) is 2.96. The van der Waals surface area contributed by atoms with Crippen molar-refractivity contribution >= 4 is 5.69 Å². The first-order valence-corrected chi connectivity index (χ1v) is 4.82. The Bertz CT molecular complexity index is 469. The molecule has 0 saturated heterocycles. The van der Waals surface area contributed by atoms with Crippen LogP contribution in [0.15, 0.2) is 12.1 Å². The first-order chi connectivity index (χ1) is 7.97. The van der Waals surface area contributed by atoms with Crippen molar-refractivity contribution in [3.63, 3.8) is 0 Å². The highest BCUT2D eigenvalue weighted by molar-refractivity contribution is 5.35. The van der Waals surface area contributed by atoms with Crippen molar-refractivity contribution in [3.8, 4) is 6.07 Å². The normalized spacial score (nSPS) is 13.8. The number of pyridine rings is 1. The molecule has 0 amide bonds. The second-order valence-electron chi connectivity index (χ2n) is 3.47. The predicted octanol–water partition coefficient (Wildman–Crippen LogP) is 0.606. The molecule has 90 valence electrons. The van der Waals surface area contributed by atoms with Gasteiger partial charge in [0.15, 0.2) is 0 Å². The van der Waals surface area contributed by atoms with Crippen molar-refractivity contribution in [3.05, 3.63) is 33.6 Å². The monoisotopic (exact) mass is 237 g/mol. The van der Waals surface area contributed by atoms with Crippen molar-refractivity contribution in [2.45, 2.75) is 25.6 Å². The van der Waals surface area contributed by atoms with E-state index < -0.39 is 17.1 Å². The molecule has 0 bridgehead atoms. The van der Waals surface area contributed by atoms with Crippen LogP contribution in [0.25, 0.3) is 0 Å². The lowest BCUT2D eigenvalue weighted by atomic mass is 10.1. The summed E-state index contributed by atoms with van der Waals surface area (Å²) in [7, 11) is 0. The molecule has 0 aliphatic carbocycles. The van der Waals surface area contributed by atoms with Gasteiger partial charge in [0.2, 0.25) is 0 Å². The number of nitrogens with zero attached hydrogens (tertiary/aromatic N) is 3. The average molecular weight is 237 g/mol. The van der Waals surface area contributed by atoms with Crippen LogP contribution in [0.1, 0.15) is 23.9 Å². The Morgan fingerprint density at radius 2 is 2.24 bits per heavy atom. The van der Waals surface area contributed by atoms with E-state index in [1.54, 1.807) is 6.07 Å². The number of hydrogen-bond donors (Lipinski definition) is 2. The molecule has 2 unspecified atom stereocenters. The van der Waals surface area contributed by atoms with E-state index in [2.05, 4.69) is 4.98 Å². The van der Waals surface area contributed by atoms with Gasteiger partial charge in [0, 0.05) is 6.07 Å². The third-order valence-electron chi connectivity index (χ3n) is 2.24. The molecule has 7 nitrogen and oxygen atoms in total. The largest absolute Gasteiger partial charge is 0.389 e. The summed E-state index contributed by atoms with van der Waals surface area (Å²) in [4.78, 5) is 13.8. The summed E-state index contributed by atoms with van der Waals surface area (Å²) < 4.78 is 0. The highest BCUT2D eigenvalue weighted by Gasteiger charge is 2.21. The number of nitriles is 1. The lowest BCUT2D eigenvalue weighted by Gasteiger charge is -2.14. The van der Waals surface area contributed by atoms with Gasteiger partial charge in [-0.3, -0.25) is 10.1 Å². The Labute approximate surface area is 97.1 Å². The van der Waals surface area contributed by atoms with Gasteiger partial charge in [-0.25, -0.2) is 4.98 Å². The smallest absolute Gasteiger partial charge is 0.290 e. The summed E-state index contributed by atoms with van der Waals surface area (Å²) >= 11 is 0. The summed E-state index contributed by atoms with van der Waals surface area (Å²) in [6.07, 6.45) is -2.82. The first kappa shape index (κ1) is 13.0. The molecule has 0 aliphatic rings. The molecule has 0 aromatic carbocycles. The van der Waals surface area contributed by atoms with Crippen LogP contribution >= 0.6 is 0 Å². The summed E-state index contributed by atoms with van der Waals surface area (Å²) in [5.41, 5.74) is 0.0993. The maximum absolute atomic E-state index is 10.5. The molecule has 1 aromatic heterocycles. The van der Waals surface area contributed by atoms with E-state index in [4.69, 9.17) is 5.26 Å². The number of aliphatic hydroxyl groups is 2. The number of aromatic nitrogens is 1. The zero-order valence-electron chi connectivity index (χ0n) is 9.07. The molecule has 2 N–H and O–H groups in total. The molecule has 0 fully saturated rings. The molecule has 0 radical (unpaired) electrons. The molecule has 1 aromatic rings. The topological polar surface area (TPSA) is 120 Å². The van der Waals surface area contributed by atoms with Crippen LogP contribution in [0.4, 0.5) is 5.69 Å². The van der Waals surface area contributed by atoms with E-state index in [9.17, 15) is 20.3 Å². The summed E-state index contributed by atoms with van der Waals surface area (Å²) in [6, 6.07) is 4.18. The van der Waals surface area contributed by atoms with Gasteiger partial charge in [0.05, 0.1) is 29.2 Å². The quantitative estimate of drug-likeness (QED) is 0.584. The van der Waals surface area contributed by atoms with Crippen molar-refractivity contribution in [2.75, 3.05) is 0 Å². The minimum atomic E-state index is -1.32. The Kier molecular flexibility index (Phi) is 4.09. The van der Waals surface area contributed by atoms with Crippen molar-refractivity contribution < 1.29 is 15.1 Å². The van der Waals surface area contributed by atoms with Gasteiger partial charge in [0.25, 0.3) is 5.69 Å². The van der Waals surface area contributed by atoms with Crippen LogP contribution in [-0.2, 0) is 0 Å². The average Bonchev–Trinajstić information content (AvgIpc) is 2.27. The van der Waals surface area contributed by atoms with E-state index in [-0.39, 0.29) is 23.5 Å². The van der Waals surface area contributed by atoms with E-state index >= 15 is 0 Å². The maximum atomic E-state index is 10.5. The molecule has 1 heterocycles. The van der Waals surface area contributed by atoms with E-state index in [1.807, 2.05) is 0 Å². The number of aliphatic hydroxyl groups excluding tert-OH is 2. The van der Waals surface area contributed by atoms with Gasteiger partial charge in [-0.15, -0.1) is 0 Å². The van der Waals surface area contributed by atoms with Crippen LogP contribution in [0, 0.1) is 28.4 Å². The SMILES string of the molecule is Cc1nc(C(O)C(O)CC#N)ccc1[N+](=O)[O-]. The molecule has 0 aliphatic heterocycles. The number of nitro groups is 1. The Morgan fingerprint density at radius 1 is 1.59 bits per heavy atom. The Morgan fingerprint density at radius 3 is 2.71 bits per heavy atom. The summed E-state index contributed by atoms with van der Waals surface area (Å²) in [5.74, 6) is 0. The van der Waals surface area contributed by atoms with Gasteiger partial charge in [-0.2, -0.15) is 5.26 Å². The van der Waals surface area contributed by atoms with Crippen LogP contribution in [0.3, 0.4) is 0 Å². The van der Waals surface area contributed by atoms with Gasteiger partial charge in [0.1, 0.15) is 11.8 Å². The van der Waals surface area contributed by atoms with Gasteiger partial charge < -0.3 is 10.2 Å². The van der Waals surface area contributed by atoms with Gasteiger partial charge in [-0.1, -0.05) is 0 Å². The van der Waals surface area contributed by atoms with Gasteiger partial charge >= 0.3 is 0 Å². The minimum absolute atomic E-state index is 0.107. The molecule has 17 heavy (non-hydrogen) atoms. The van der Waals surface area contributed by atoms with Crippen LogP contribution < -0.4 is 0 Å². The second-order valence-corrected chi connectivity index (χ2v) is 3.47. The fraction of sp³-hybridized carbons (Fsp3) is 0.400. The first-order valence-electron chi connectivity index (χ1n) is 4.82. The van der Waals surface area contributed by atoms with E-state index in [1.165, 1.54) is 19.1 Å². The fourth-order valence-electron chi connectivity index (χ4n) is 1.33. The molecule has 0 spiro atoms. The highest BCUT2D eigenvalue weighted by Crippen LogP contribution is 2.21. The van der Waals surface area contributed by atoms with Crippen LogP contribution in [0.2, 0.25) is 0 Å². The zero-order chi connectivity index (χ0) is 13.0. The highest BCUT2D eigenvalue weighted by atomic mass is 16.6. The van der Waals surface area contributed by atoms with Gasteiger partial charge in [-0.05, 0) is 13.0 Å². The number of hydrogen-bond acceptors (Lipinski definition) is 6. The van der Waals surface area contributed by atoms with E-state index in [0.29, 0.717) is 0 Å². The third-order valence-corrected chi connectivity index (χ3v) is 2.24. The number of rotatable bonds is 4. The maximum Gasteiger partial charge on any atom is 0.290 e. The van der Waals surface area contributed by atoms with Crippen molar-refractivity contribution in [1.29, 1.82) is 5.26 Å². The molecular weight excluding hydrogens is 226 g/mol. The fourth-order valence-corrected chi connectivity index (χ4v) is 1.33.